The number of para-hydroxylation sites is 2. The largest absolute Gasteiger partial charge is 0.314 e. The molecule has 0 fully saturated rings. The molecule has 8 rings (SSSR count). The monoisotopic (exact) mass is 590 g/mol. The lowest BCUT2D eigenvalue weighted by molar-refractivity contribution is 1.03. The van der Waals surface area contributed by atoms with E-state index in [4.69, 9.17) is 0 Å². The van der Waals surface area contributed by atoms with Gasteiger partial charge in [0.2, 0.25) is 0 Å². The molecule has 0 radical (unpaired) electrons. The van der Waals surface area contributed by atoms with Gasteiger partial charge in [0, 0.05) is 39.1 Å². The number of rotatable bonds is 7. The van der Waals surface area contributed by atoms with Crippen molar-refractivity contribution in [3.8, 4) is 11.1 Å². The van der Waals surface area contributed by atoms with E-state index in [0.717, 1.165) is 24.2 Å². The van der Waals surface area contributed by atoms with Crippen molar-refractivity contribution in [2.45, 2.75) is 12.8 Å². The van der Waals surface area contributed by atoms with Gasteiger partial charge in [-0.25, -0.2) is 0 Å². The van der Waals surface area contributed by atoms with Crippen LogP contribution in [0.2, 0.25) is 0 Å². The highest BCUT2D eigenvalue weighted by atomic mass is 15.2. The van der Waals surface area contributed by atoms with E-state index in [1.165, 1.54) is 55.1 Å². The van der Waals surface area contributed by atoms with Gasteiger partial charge in [-0.1, -0.05) is 127 Å². The lowest BCUT2D eigenvalue weighted by Crippen LogP contribution is -2.34. The molecule has 7 aromatic carbocycles. The minimum absolute atomic E-state index is 1.00. The zero-order valence-corrected chi connectivity index (χ0v) is 25.6. The Morgan fingerprint density at radius 3 is 1.61 bits per heavy atom. The summed E-state index contributed by atoms with van der Waals surface area (Å²) in [5.74, 6) is 0. The fraction of sp³-hybridized carbons (Fsp3) is 0.0455. The first-order valence-corrected chi connectivity index (χ1v) is 16.0. The molecule has 0 N–H and O–H groups in total. The van der Waals surface area contributed by atoms with Gasteiger partial charge in [-0.3, -0.25) is 0 Å². The van der Waals surface area contributed by atoms with E-state index >= 15 is 0 Å². The highest BCUT2D eigenvalue weighted by molar-refractivity contribution is 5.99. The van der Waals surface area contributed by atoms with Crippen LogP contribution >= 0.6 is 0 Å². The Bertz CT molecular complexity index is 2230. The lowest BCUT2D eigenvalue weighted by atomic mass is 10.0. The maximum Gasteiger partial charge on any atom is 0.0540 e. The van der Waals surface area contributed by atoms with Crippen molar-refractivity contribution in [1.29, 1.82) is 0 Å². The van der Waals surface area contributed by atoms with Crippen LogP contribution in [0.1, 0.15) is 12.8 Å². The van der Waals surface area contributed by atoms with Crippen molar-refractivity contribution in [2.75, 3.05) is 9.80 Å². The highest BCUT2D eigenvalue weighted by Gasteiger charge is 2.18. The maximum atomic E-state index is 2.43. The second-order valence-electron chi connectivity index (χ2n) is 11.7. The smallest absolute Gasteiger partial charge is 0.0540 e. The lowest BCUT2D eigenvalue weighted by Gasteiger charge is -2.29. The average Bonchev–Trinajstić information content (AvgIpc) is 3.14. The van der Waals surface area contributed by atoms with E-state index in [1.807, 2.05) is 0 Å². The predicted octanol–water partition coefficient (Wildman–Crippen LogP) is 10.5. The van der Waals surface area contributed by atoms with Crippen LogP contribution in [-0.2, 0) is 0 Å². The zero-order valence-electron chi connectivity index (χ0n) is 25.6. The molecule has 0 heterocycles. The maximum absolute atomic E-state index is 2.43. The summed E-state index contributed by atoms with van der Waals surface area (Å²) < 4.78 is 0. The summed E-state index contributed by atoms with van der Waals surface area (Å²) in [4.78, 5) is 4.78. The Kier molecular flexibility index (Phi) is 7.38. The number of anilines is 5. The van der Waals surface area contributed by atoms with Crippen LogP contribution in [-0.4, -0.2) is 0 Å². The third-order valence-corrected chi connectivity index (χ3v) is 8.91. The van der Waals surface area contributed by atoms with Gasteiger partial charge < -0.3 is 9.80 Å². The van der Waals surface area contributed by atoms with Crippen LogP contribution in [0.15, 0.2) is 176 Å². The van der Waals surface area contributed by atoms with E-state index in [0.29, 0.717) is 0 Å². The van der Waals surface area contributed by atoms with E-state index in [-0.39, 0.29) is 0 Å². The molecule has 0 saturated heterocycles. The molecule has 0 bridgehead atoms. The van der Waals surface area contributed by atoms with Crippen molar-refractivity contribution in [1.82, 2.24) is 0 Å². The Balaban J connectivity index is 1.16. The first kappa shape index (κ1) is 27.7. The fourth-order valence-electron chi connectivity index (χ4n) is 6.72. The van der Waals surface area contributed by atoms with Crippen molar-refractivity contribution in [3.63, 3.8) is 0 Å². The van der Waals surface area contributed by atoms with Crippen molar-refractivity contribution in [3.05, 3.63) is 186 Å². The van der Waals surface area contributed by atoms with E-state index in [2.05, 4.69) is 192 Å². The van der Waals surface area contributed by atoms with Crippen molar-refractivity contribution < 1.29 is 0 Å². The third-order valence-electron chi connectivity index (χ3n) is 8.91. The zero-order chi connectivity index (χ0) is 30.7. The van der Waals surface area contributed by atoms with Crippen LogP contribution in [0, 0.1) is 0 Å². The minimum Gasteiger partial charge on any atom is -0.314 e. The predicted molar refractivity (Wildman–Crippen MR) is 195 cm³/mol. The van der Waals surface area contributed by atoms with E-state index in [9.17, 15) is 0 Å². The van der Waals surface area contributed by atoms with Crippen LogP contribution in [0.25, 0.3) is 33.7 Å². The highest BCUT2D eigenvalue weighted by Crippen LogP contribution is 2.40. The molecular formula is C44H34N2. The quantitative estimate of drug-likeness (QED) is 0.182. The van der Waals surface area contributed by atoms with Crippen molar-refractivity contribution in [2.24, 2.45) is 0 Å². The summed E-state index contributed by atoms with van der Waals surface area (Å²) in [6.07, 6.45) is 4.40. The third kappa shape index (κ3) is 5.25. The Morgan fingerprint density at radius 1 is 0.391 bits per heavy atom. The van der Waals surface area contributed by atoms with Gasteiger partial charge in [-0.2, -0.15) is 0 Å². The van der Waals surface area contributed by atoms with Gasteiger partial charge in [0.05, 0.1) is 5.69 Å². The Hall–Kier alpha value is -5.86. The molecule has 7 aromatic rings. The molecule has 0 saturated carbocycles. The standard InChI is InChI=1S/C44H34N2/c1-3-17-37(18-4-1)45(43-23-11-15-35-13-7-9-21-41(35)43)39-29-25-33(26-30-39)34-27-31-40(32-28-34)46(38-19-5-2-6-20-38)44-24-12-16-36-14-8-10-22-42(36)44/h1-11,13-23,25-32H,12,24H2. The SMILES string of the molecule is C1=c2ccccc2=C(N(c2ccccc2)c2ccc(-c3ccc(N(c4ccccc4)c4cccc5ccccc45)cc3)cc2)CC1. The molecule has 0 atom stereocenters. The molecule has 2 heteroatoms. The van der Waals surface area contributed by atoms with Gasteiger partial charge in [0.15, 0.2) is 0 Å². The molecule has 46 heavy (non-hydrogen) atoms. The first-order chi connectivity index (χ1) is 22.8. The first-order valence-electron chi connectivity index (χ1n) is 16.0. The van der Waals surface area contributed by atoms with Crippen LogP contribution in [0.3, 0.4) is 0 Å². The Morgan fingerprint density at radius 2 is 0.913 bits per heavy atom. The van der Waals surface area contributed by atoms with Crippen LogP contribution < -0.4 is 20.2 Å². The Labute approximate surface area is 270 Å². The molecule has 0 spiro atoms. The van der Waals surface area contributed by atoms with Gasteiger partial charge in [-0.05, 0) is 89.2 Å². The number of hydrogen-bond donors (Lipinski definition) is 0. The molecule has 0 unspecified atom stereocenters. The summed E-state index contributed by atoms with van der Waals surface area (Å²) >= 11 is 0. The van der Waals surface area contributed by atoms with Crippen LogP contribution in [0.5, 0.6) is 0 Å². The topological polar surface area (TPSA) is 6.48 Å². The fourth-order valence-corrected chi connectivity index (χ4v) is 6.72. The van der Waals surface area contributed by atoms with Gasteiger partial charge in [-0.15, -0.1) is 0 Å². The summed E-state index contributed by atoms with van der Waals surface area (Å²) in [6, 6.07) is 63.2. The molecule has 2 nitrogen and oxygen atoms in total. The van der Waals surface area contributed by atoms with Gasteiger partial charge in [0.25, 0.3) is 0 Å². The molecule has 1 aliphatic rings. The van der Waals surface area contributed by atoms with Crippen LogP contribution in [0.4, 0.5) is 28.4 Å². The molecular weight excluding hydrogens is 556 g/mol. The van der Waals surface area contributed by atoms with E-state index in [1.54, 1.807) is 0 Å². The molecule has 0 aliphatic heterocycles. The molecule has 1 aliphatic carbocycles. The molecule has 220 valence electrons. The van der Waals surface area contributed by atoms with Gasteiger partial charge >= 0.3 is 0 Å². The van der Waals surface area contributed by atoms with Gasteiger partial charge in [0.1, 0.15) is 0 Å². The molecule has 0 aromatic heterocycles. The second kappa shape index (κ2) is 12.3. The summed E-state index contributed by atoms with van der Waals surface area (Å²) in [6.45, 7) is 0. The number of hydrogen-bond acceptors (Lipinski definition) is 2. The number of nitrogens with zero attached hydrogens (tertiary/aromatic N) is 2. The second-order valence-corrected chi connectivity index (χ2v) is 11.7. The summed E-state index contributed by atoms with van der Waals surface area (Å²) in [7, 11) is 0. The summed E-state index contributed by atoms with van der Waals surface area (Å²) in [5, 5.41) is 5.09. The normalized spacial score (nSPS) is 12.3. The van der Waals surface area contributed by atoms with E-state index < -0.39 is 0 Å². The average molecular weight is 591 g/mol. The molecule has 0 amide bonds. The number of fused-ring (bicyclic) bond motifs is 2. The number of benzene rings is 7. The minimum atomic E-state index is 1.00. The van der Waals surface area contributed by atoms with Crippen molar-refractivity contribution >= 4 is 51.0 Å². The summed E-state index contributed by atoms with van der Waals surface area (Å²) in [5.41, 5.74) is 9.52.